The van der Waals surface area contributed by atoms with Crippen LogP contribution < -0.4 is 10.6 Å². The SMILES string of the molecule is CC(C)N(CCN[C@@H](C)C(=O)NC1CCCC1)C(C)C. The molecule has 0 unspecified atom stereocenters. The van der Waals surface area contributed by atoms with E-state index in [2.05, 4.69) is 43.2 Å². The average Bonchev–Trinajstić information content (AvgIpc) is 2.85. The van der Waals surface area contributed by atoms with E-state index in [1.165, 1.54) is 12.8 Å². The minimum Gasteiger partial charge on any atom is -0.352 e. The van der Waals surface area contributed by atoms with Crippen LogP contribution in [-0.4, -0.2) is 48.1 Å². The first-order valence-corrected chi connectivity index (χ1v) is 8.21. The van der Waals surface area contributed by atoms with Gasteiger partial charge in [-0.05, 0) is 47.5 Å². The molecule has 4 heteroatoms. The second-order valence-corrected chi connectivity index (χ2v) is 6.59. The summed E-state index contributed by atoms with van der Waals surface area (Å²) in [5.41, 5.74) is 0. The van der Waals surface area contributed by atoms with Gasteiger partial charge >= 0.3 is 0 Å². The molecule has 1 saturated carbocycles. The van der Waals surface area contributed by atoms with Gasteiger partial charge in [0.15, 0.2) is 0 Å². The van der Waals surface area contributed by atoms with Gasteiger partial charge < -0.3 is 10.6 Å². The minimum atomic E-state index is -0.100. The zero-order valence-corrected chi connectivity index (χ0v) is 13.9. The third-order valence-electron chi connectivity index (χ3n) is 4.24. The van der Waals surface area contributed by atoms with Gasteiger partial charge in [-0.1, -0.05) is 12.8 Å². The highest BCUT2D eigenvalue weighted by Gasteiger charge is 2.20. The van der Waals surface area contributed by atoms with Gasteiger partial charge in [0, 0.05) is 31.2 Å². The van der Waals surface area contributed by atoms with Crippen LogP contribution in [0.1, 0.15) is 60.3 Å². The normalized spacial score (nSPS) is 18.2. The first kappa shape index (κ1) is 17.4. The number of nitrogens with one attached hydrogen (secondary N) is 2. The van der Waals surface area contributed by atoms with Crippen LogP contribution in [-0.2, 0) is 4.79 Å². The van der Waals surface area contributed by atoms with Crippen LogP contribution in [0.4, 0.5) is 0 Å². The number of hydrogen-bond donors (Lipinski definition) is 2. The molecular formula is C16H33N3O. The van der Waals surface area contributed by atoms with E-state index in [0.29, 0.717) is 18.1 Å². The van der Waals surface area contributed by atoms with Crippen LogP contribution in [0.3, 0.4) is 0 Å². The average molecular weight is 283 g/mol. The summed E-state index contributed by atoms with van der Waals surface area (Å²) in [7, 11) is 0. The highest BCUT2D eigenvalue weighted by atomic mass is 16.2. The Morgan fingerprint density at radius 1 is 1.10 bits per heavy atom. The summed E-state index contributed by atoms with van der Waals surface area (Å²) in [6.07, 6.45) is 4.80. The Labute approximate surface area is 124 Å². The van der Waals surface area contributed by atoms with Crippen molar-refractivity contribution in [1.29, 1.82) is 0 Å². The maximum atomic E-state index is 12.1. The lowest BCUT2D eigenvalue weighted by Crippen LogP contribution is -2.48. The lowest BCUT2D eigenvalue weighted by atomic mass is 10.2. The first-order valence-electron chi connectivity index (χ1n) is 8.21. The Bertz CT molecular complexity index is 277. The quantitative estimate of drug-likeness (QED) is 0.717. The molecule has 0 heterocycles. The number of carbonyl (C=O) groups excluding carboxylic acids is 1. The van der Waals surface area contributed by atoms with E-state index in [4.69, 9.17) is 0 Å². The Kier molecular flexibility index (Phi) is 7.52. The van der Waals surface area contributed by atoms with Crippen molar-refractivity contribution in [1.82, 2.24) is 15.5 Å². The fraction of sp³-hybridized carbons (Fsp3) is 0.938. The number of rotatable bonds is 8. The Morgan fingerprint density at radius 3 is 2.15 bits per heavy atom. The summed E-state index contributed by atoms with van der Waals surface area (Å²) in [6, 6.07) is 1.39. The molecule has 1 rings (SSSR count). The fourth-order valence-corrected chi connectivity index (χ4v) is 3.01. The summed E-state index contributed by atoms with van der Waals surface area (Å²) < 4.78 is 0. The van der Waals surface area contributed by atoms with E-state index >= 15 is 0 Å². The maximum absolute atomic E-state index is 12.1. The topological polar surface area (TPSA) is 44.4 Å². The molecule has 0 aromatic heterocycles. The van der Waals surface area contributed by atoms with E-state index in [0.717, 1.165) is 25.9 Å². The van der Waals surface area contributed by atoms with Crippen LogP contribution in [0.2, 0.25) is 0 Å². The van der Waals surface area contributed by atoms with Crippen molar-refractivity contribution in [2.45, 2.75) is 84.5 Å². The molecule has 0 aliphatic heterocycles. The summed E-state index contributed by atoms with van der Waals surface area (Å²) in [5, 5.41) is 6.49. The predicted molar refractivity (Wildman–Crippen MR) is 84.8 cm³/mol. The predicted octanol–water partition coefficient (Wildman–Crippen LogP) is 2.14. The molecule has 0 aromatic carbocycles. The lowest BCUT2D eigenvalue weighted by Gasteiger charge is -2.31. The van der Waals surface area contributed by atoms with Crippen molar-refractivity contribution in [3.8, 4) is 0 Å². The van der Waals surface area contributed by atoms with Crippen LogP contribution >= 0.6 is 0 Å². The summed E-state index contributed by atoms with van der Waals surface area (Å²) in [6.45, 7) is 12.7. The molecule has 118 valence electrons. The molecule has 0 aromatic rings. The molecule has 0 spiro atoms. The van der Waals surface area contributed by atoms with Crippen molar-refractivity contribution < 1.29 is 4.79 Å². The van der Waals surface area contributed by atoms with Gasteiger partial charge in [-0.25, -0.2) is 0 Å². The lowest BCUT2D eigenvalue weighted by molar-refractivity contribution is -0.123. The largest absolute Gasteiger partial charge is 0.352 e. The second-order valence-electron chi connectivity index (χ2n) is 6.59. The van der Waals surface area contributed by atoms with Crippen molar-refractivity contribution in [2.24, 2.45) is 0 Å². The molecule has 0 saturated heterocycles. The van der Waals surface area contributed by atoms with Gasteiger partial charge in [-0.3, -0.25) is 9.69 Å². The van der Waals surface area contributed by atoms with Gasteiger partial charge in [-0.2, -0.15) is 0 Å². The van der Waals surface area contributed by atoms with Crippen molar-refractivity contribution >= 4 is 5.91 Å². The number of nitrogens with zero attached hydrogens (tertiary/aromatic N) is 1. The molecule has 20 heavy (non-hydrogen) atoms. The molecule has 1 aliphatic rings. The summed E-state index contributed by atoms with van der Waals surface area (Å²) >= 11 is 0. The molecule has 1 atom stereocenters. The first-order chi connectivity index (χ1) is 9.41. The third kappa shape index (κ3) is 5.80. The molecular weight excluding hydrogens is 250 g/mol. The van der Waals surface area contributed by atoms with Crippen molar-refractivity contribution in [3.63, 3.8) is 0 Å². The Hall–Kier alpha value is -0.610. The number of carbonyl (C=O) groups is 1. The zero-order chi connectivity index (χ0) is 15.1. The van der Waals surface area contributed by atoms with Crippen LogP contribution in [0.5, 0.6) is 0 Å². The van der Waals surface area contributed by atoms with E-state index in [1.54, 1.807) is 0 Å². The molecule has 1 amide bonds. The summed E-state index contributed by atoms with van der Waals surface area (Å²) in [5.74, 6) is 0.151. The van der Waals surface area contributed by atoms with E-state index in [1.807, 2.05) is 6.92 Å². The zero-order valence-electron chi connectivity index (χ0n) is 13.9. The molecule has 2 N–H and O–H groups in total. The van der Waals surface area contributed by atoms with Crippen molar-refractivity contribution in [3.05, 3.63) is 0 Å². The monoisotopic (exact) mass is 283 g/mol. The molecule has 0 radical (unpaired) electrons. The third-order valence-corrected chi connectivity index (χ3v) is 4.24. The van der Waals surface area contributed by atoms with Gasteiger partial charge in [0.25, 0.3) is 0 Å². The van der Waals surface area contributed by atoms with Gasteiger partial charge in [-0.15, -0.1) is 0 Å². The minimum absolute atomic E-state index is 0.100. The highest BCUT2D eigenvalue weighted by Crippen LogP contribution is 2.17. The number of amides is 1. The second kappa shape index (κ2) is 8.63. The smallest absolute Gasteiger partial charge is 0.237 e. The van der Waals surface area contributed by atoms with E-state index in [9.17, 15) is 4.79 Å². The standard InChI is InChI=1S/C16H33N3O/c1-12(2)19(13(3)4)11-10-17-14(5)16(20)18-15-8-6-7-9-15/h12-15,17H,6-11H2,1-5H3,(H,18,20)/t14-/m0/s1. The maximum Gasteiger partial charge on any atom is 0.237 e. The van der Waals surface area contributed by atoms with Gasteiger partial charge in [0.2, 0.25) is 5.91 Å². The number of hydrogen-bond acceptors (Lipinski definition) is 3. The molecule has 1 aliphatic carbocycles. The van der Waals surface area contributed by atoms with Gasteiger partial charge in [0.1, 0.15) is 0 Å². The fourth-order valence-electron chi connectivity index (χ4n) is 3.01. The highest BCUT2D eigenvalue weighted by molar-refractivity contribution is 5.81. The Morgan fingerprint density at radius 2 is 1.65 bits per heavy atom. The molecule has 4 nitrogen and oxygen atoms in total. The van der Waals surface area contributed by atoms with Crippen molar-refractivity contribution in [2.75, 3.05) is 13.1 Å². The van der Waals surface area contributed by atoms with Crippen LogP contribution in [0.15, 0.2) is 0 Å². The molecule has 1 fully saturated rings. The summed E-state index contributed by atoms with van der Waals surface area (Å²) in [4.78, 5) is 14.5. The van der Waals surface area contributed by atoms with E-state index in [-0.39, 0.29) is 11.9 Å². The molecule has 0 bridgehead atoms. The Balaban J connectivity index is 2.24. The van der Waals surface area contributed by atoms with Gasteiger partial charge in [0.05, 0.1) is 6.04 Å². The van der Waals surface area contributed by atoms with Crippen LogP contribution in [0.25, 0.3) is 0 Å². The van der Waals surface area contributed by atoms with Crippen LogP contribution in [0, 0.1) is 0 Å². The van der Waals surface area contributed by atoms with E-state index < -0.39 is 0 Å².